The Bertz CT molecular complexity index is 680. The van der Waals surface area contributed by atoms with Crippen LogP contribution in [0.15, 0.2) is 24.3 Å². The van der Waals surface area contributed by atoms with Gasteiger partial charge >= 0.3 is 11.9 Å². The number of benzene rings is 1. The van der Waals surface area contributed by atoms with Crippen LogP contribution in [0.5, 0.6) is 0 Å². The van der Waals surface area contributed by atoms with Gasteiger partial charge in [0.05, 0.1) is 19.6 Å². The molecular weight excluding hydrogens is 365 g/mol. The van der Waals surface area contributed by atoms with Crippen LogP contribution in [-0.2, 0) is 23.8 Å². The van der Waals surface area contributed by atoms with E-state index in [2.05, 4.69) is 4.90 Å². The van der Waals surface area contributed by atoms with E-state index >= 15 is 0 Å². The highest BCUT2D eigenvalue weighted by atomic mass is 19.1. The number of hydrogen-bond donors (Lipinski definition) is 0. The molecule has 2 unspecified atom stereocenters. The molecule has 3 rings (SSSR count). The van der Waals surface area contributed by atoms with Crippen LogP contribution in [0, 0.1) is 11.7 Å². The number of carbonyl (C=O) groups is 2. The van der Waals surface area contributed by atoms with Crippen LogP contribution in [0.1, 0.15) is 37.2 Å². The second-order valence-electron chi connectivity index (χ2n) is 7.49. The molecule has 1 aromatic rings. The highest BCUT2D eigenvalue weighted by Crippen LogP contribution is 2.47. The summed E-state index contributed by atoms with van der Waals surface area (Å²) in [5.41, 5.74) is 0.988. The number of hydrogen-bond acceptors (Lipinski definition) is 6. The number of nitrogens with zero attached hydrogens (tertiary/aromatic N) is 1. The molecule has 0 aromatic heterocycles. The van der Waals surface area contributed by atoms with Crippen molar-refractivity contribution < 1.29 is 28.2 Å². The second kappa shape index (κ2) is 9.47. The Hall–Kier alpha value is -1.99. The van der Waals surface area contributed by atoms with Gasteiger partial charge in [-0.25, -0.2) is 9.18 Å². The summed E-state index contributed by atoms with van der Waals surface area (Å²) in [5.74, 6) is -1.10. The molecule has 28 heavy (non-hydrogen) atoms. The normalized spacial score (nSPS) is 26.8. The molecule has 0 amide bonds. The van der Waals surface area contributed by atoms with Crippen molar-refractivity contribution in [2.75, 3.05) is 34.0 Å². The summed E-state index contributed by atoms with van der Waals surface area (Å²) in [6, 6.07) is 6.92. The predicted molar refractivity (Wildman–Crippen MR) is 100 cm³/mol. The molecule has 2 bridgehead atoms. The molecule has 0 N–H and O–H groups in total. The Morgan fingerprint density at radius 3 is 2.61 bits per heavy atom. The van der Waals surface area contributed by atoms with Gasteiger partial charge in [-0.1, -0.05) is 12.1 Å². The van der Waals surface area contributed by atoms with Gasteiger partial charge in [-0.05, 0) is 43.4 Å². The highest BCUT2D eigenvalue weighted by Gasteiger charge is 2.50. The van der Waals surface area contributed by atoms with E-state index in [1.165, 1.54) is 26.4 Å². The topological polar surface area (TPSA) is 65.1 Å². The molecule has 0 radical (unpaired) electrons. The lowest BCUT2D eigenvalue weighted by molar-refractivity contribution is -0.150. The molecule has 6 nitrogen and oxygen atoms in total. The summed E-state index contributed by atoms with van der Waals surface area (Å²) in [5, 5.41) is 0. The van der Waals surface area contributed by atoms with Crippen molar-refractivity contribution in [3.8, 4) is 0 Å². The summed E-state index contributed by atoms with van der Waals surface area (Å²) in [6.45, 7) is 1.06. The lowest BCUT2D eigenvalue weighted by atomic mass is 9.76. The van der Waals surface area contributed by atoms with Crippen molar-refractivity contribution in [1.82, 2.24) is 4.90 Å². The van der Waals surface area contributed by atoms with Gasteiger partial charge in [0.1, 0.15) is 12.4 Å². The van der Waals surface area contributed by atoms with Gasteiger partial charge in [-0.15, -0.1) is 0 Å². The third-order valence-electron chi connectivity index (χ3n) is 5.92. The van der Waals surface area contributed by atoms with Crippen molar-refractivity contribution in [2.24, 2.45) is 5.92 Å². The van der Waals surface area contributed by atoms with E-state index in [9.17, 15) is 14.0 Å². The van der Waals surface area contributed by atoms with Gasteiger partial charge < -0.3 is 14.2 Å². The Balaban J connectivity index is 1.67. The van der Waals surface area contributed by atoms with E-state index in [1.54, 1.807) is 12.1 Å². The monoisotopic (exact) mass is 393 g/mol. The lowest BCUT2D eigenvalue weighted by Gasteiger charge is -2.43. The fourth-order valence-corrected chi connectivity index (χ4v) is 4.76. The first-order valence-corrected chi connectivity index (χ1v) is 9.78. The molecule has 1 aromatic carbocycles. The minimum absolute atomic E-state index is 0.0290. The average Bonchev–Trinajstić information content (AvgIpc) is 2.96. The third kappa shape index (κ3) is 4.52. The summed E-state index contributed by atoms with van der Waals surface area (Å²) in [6.07, 6.45) is 3.51. The number of piperidine rings is 1. The molecule has 2 heterocycles. The number of esters is 2. The maximum atomic E-state index is 13.3. The Labute approximate surface area is 164 Å². The minimum Gasteiger partial charge on any atom is -0.469 e. The van der Waals surface area contributed by atoms with Gasteiger partial charge in [0.2, 0.25) is 0 Å². The van der Waals surface area contributed by atoms with Crippen LogP contribution in [0.4, 0.5) is 4.39 Å². The van der Waals surface area contributed by atoms with Crippen LogP contribution in [-0.4, -0.2) is 62.9 Å². The predicted octanol–water partition coefficient (Wildman–Crippen LogP) is 2.51. The molecule has 2 aliphatic heterocycles. The average molecular weight is 393 g/mol. The SMILES string of the molecule is COCC(=O)OCCCN1C2CCC1[C@@H](C(=O)OC)[C@@H](c1ccc(F)cc1)C2. The number of fused-ring (bicyclic) bond motifs is 2. The molecule has 2 aliphatic rings. The Morgan fingerprint density at radius 2 is 1.93 bits per heavy atom. The van der Waals surface area contributed by atoms with Crippen LogP contribution in [0.2, 0.25) is 0 Å². The number of halogens is 1. The van der Waals surface area contributed by atoms with Crippen LogP contribution < -0.4 is 0 Å². The quantitative estimate of drug-likeness (QED) is 0.500. The molecule has 4 atom stereocenters. The maximum absolute atomic E-state index is 13.3. The van der Waals surface area contributed by atoms with Gasteiger partial charge in [-0.2, -0.15) is 0 Å². The number of carbonyl (C=O) groups excluding carboxylic acids is 2. The van der Waals surface area contributed by atoms with Crippen molar-refractivity contribution in [1.29, 1.82) is 0 Å². The summed E-state index contributed by atoms with van der Waals surface area (Å²) in [4.78, 5) is 26.4. The zero-order chi connectivity index (χ0) is 20.1. The Kier molecular flexibility index (Phi) is 7.02. The molecule has 2 saturated heterocycles. The molecule has 154 valence electrons. The third-order valence-corrected chi connectivity index (χ3v) is 5.92. The molecular formula is C21H28FNO5. The minimum atomic E-state index is -0.368. The first-order chi connectivity index (χ1) is 13.5. The smallest absolute Gasteiger partial charge is 0.332 e. The molecule has 0 spiro atoms. The van der Waals surface area contributed by atoms with E-state index in [0.29, 0.717) is 19.1 Å². The lowest BCUT2D eigenvalue weighted by Crippen LogP contribution is -2.51. The van der Waals surface area contributed by atoms with Crippen molar-refractivity contribution in [2.45, 2.75) is 43.7 Å². The first-order valence-electron chi connectivity index (χ1n) is 9.78. The zero-order valence-electron chi connectivity index (χ0n) is 16.4. The van der Waals surface area contributed by atoms with E-state index in [1.807, 2.05) is 0 Å². The first kappa shape index (κ1) is 20.7. The molecule has 7 heteroatoms. The van der Waals surface area contributed by atoms with E-state index < -0.39 is 0 Å². The van der Waals surface area contributed by atoms with Crippen molar-refractivity contribution in [3.05, 3.63) is 35.6 Å². The Morgan fingerprint density at radius 1 is 1.18 bits per heavy atom. The van der Waals surface area contributed by atoms with E-state index in [-0.39, 0.29) is 42.2 Å². The van der Waals surface area contributed by atoms with Gasteiger partial charge in [0.25, 0.3) is 0 Å². The van der Waals surface area contributed by atoms with E-state index in [0.717, 1.165) is 31.4 Å². The highest BCUT2D eigenvalue weighted by molar-refractivity contribution is 5.75. The van der Waals surface area contributed by atoms with Crippen LogP contribution in [0.25, 0.3) is 0 Å². The fraction of sp³-hybridized carbons (Fsp3) is 0.619. The summed E-state index contributed by atoms with van der Waals surface area (Å²) in [7, 11) is 2.88. The number of rotatable bonds is 8. The standard InChI is InChI=1S/C21H28FNO5/c1-26-13-19(24)28-11-3-10-23-16-8-9-18(23)20(21(25)27-2)17(12-16)14-4-6-15(22)7-5-14/h4-7,16-18,20H,3,8-13H2,1-2H3/t16?,17-,18?,20+/m1/s1. The summed E-state index contributed by atoms with van der Waals surface area (Å²) >= 11 is 0. The summed E-state index contributed by atoms with van der Waals surface area (Å²) < 4.78 is 28.4. The largest absolute Gasteiger partial charge is 0.469 e. The molecule has 2 fully saturated rings. The van der Waals surface area contributed by atoms with E-state index in [4.69, 9.17) is 14.2 Å². The van der Waals surface area contributed by atoms with Gasteiger partial charge in [-0.3, -0.25) is 9.69 Å². The van der Waals surface area contributed by atoms with Crippen molar-refractivity contribution in [3.63, 3.8) is 0 Å². The molecule has 0 saturated carbocycles. The molecule has 0 aliphatic carbocycles. The number of methoxy groups -OCH3 is 2. The van der Waals surface area contributed by atoms with Crippen molar-refractivity contribution >= 4 is 11.9 Å². The fourth-order valence-electron chi connectivity index (χ4n) is 4.76. The zero-order valence-corrected chi connectivity index (χ0v) is 16.4. The van der Waals surface area contributed by atoms with Crippen LogP contribution in [0.3, 0.4) is 0 Å². The van der Waals surface area contributed by atoms with Crippen LogP contribution >= 0.6 is 0 Å². The second-order valence-corrected chi connectivity index (χ2v) is 7.49. The number of ether oxygens (including phenoxy) is 3. The maximum Gasteiger partial charge on any atom is 0.332 e. The van der Waals surface area contributed by atoms with Gasteiger partial charge in [0, 0.05) is 31.7 Å². The van der Waals surface area contributed by atoms with Gasteiger partial charge in [0.15, 0.2) is 0 Å².